The number of halogens is 1. The molecule has 0 aliphatic heterocycles. The molecule has 0 spiro atoms. The van der Waals surface area contributed by atoms with E-state index in [-0.39, 0.29) is 16.1 Å². The topological polar surface area (TPSA) is 34.9 Å². The number of thioether (sulfide) groups is 1. The van der Waals surface area contributed by atoms with Crippen molar-refractivity contribution in [1.29, 1.82) is 0 Å². The normalized spacial score (nSPS) is 11.7. The van der Waals surface area contributed by atoms with Gasteiger partial charge < -0.3 is 0 Å². The fourth-order valence-corrected chi connectivity index (χ4v) is 3.19. The molecule has 0 saturated heterocycles. The quantitative estimate of drug-likeness (QED) is 0.792. The van der Waals surface area contributed by atoms with Crippen LogP contribution in [0.25, 0.3) is 0 Å². The third kappa shape index (κ3) is 3.69. The first-order valence-electron chi connectivity index (χ1n) is 6.76. The van der Waals surface area contributed by atoms with Crippen LogP contribution in [0.1, 0.15) is 31.9 Å². The van der Waals surface area contributed by atoms with E-state index in [2.05, 4.69) is 24.2 Å². The second-order valence-electron chi connectivity index (χ2n) is 5.93. The Morgan fingerprint density at radius 1 is 1.29 bits per heavy atom. The van der Waals surface area contributed by atoms with Crippen LogP contribution in [0, 0.1) is 6.92 Å². The van der Waals surface area contributed by atoms with Crippen LogP contribution in [-0.2, 0) is 11.3 Å². The number of hydrogen-bond donors (Lipinski definition) is 0. The lowest BCUT2D eigenvalue weighted by Crippen LogP contribution is -2.36. The molecule has 21 heavy (non-hydrogen) atoms. The standard InChI is InChI=1S/C16H19ClN2OS/c1-11-7-5-6-8-12(11)10-21-13-9-18-19(16(2,3)4)15(20)14(13)17/h5-9H,10H2,1-4H3. The Balaban J connectivity index is 2.25. The van der Waals surface area contributed by atoms with Gasteiger partial charge >= 0.3 is 0 Å². The Bertz CT molecular complexity index is 704. The van der Waals surface area contributed by atoms with E-state index in [9.17, 15) is 4.79 Å². The maximum Gasteiger partial charge on any atom is 0.287 e. The van der Waals surface area contributed by atoms with E-state index in [0.717, 1.165) is 10.6 Å². The molecule has 0 bridgehead atoms. The molecule has 1 heterocycles. The third-order valence-corrected chi connectivity index (χ3v) is 4.72. The number of rotatable bonds is 3. The summed E-state index contributed by atoms with van der Waals surface area (Å²) < 4.78 is 1.42. The first-order chi connectivity index (χ1) is 9.80. The van der Waals surface area contributed by atoms with E-state index < -0.39 is 0 Å². The van der Waals surface area contributed by atoms with Crippen molar-refractivity contribution in [2.45, 2.75) is 43.9 Å². The second-order valence-corrected chi connectivity index (χ2v) is 7.32. The summed E-state index contributed by atoms with van der Waals surface area (Å²) in [5, 5.41) is 4.49. The SMILES string of the molecule is Cc1ccccc1CSc1cnn(C(C)(C)C)c(=O)c1Cl. The van der Waals surface area contributed by atoms with Crippen molar-refractivity contribution in [2.24, 2.45) is 0 Å². The fraction of sp³-hybridized carbons (Fsp3) is 0.375. The minimum absolute atomic E-state index is 0.237. The van der Waals surface area contributed by atoms with Crippen LogP contribution in [0.2, 0.25) is 5.02 Å². The highest BCUT2D eigenvalue weighted by atomic mass is 35.5. The summed E-state index contributed by atoms with van der Waals surface area (Å²) in [6, 6.07) is 8.19. The summed E-state index contributed by atoms with van der Waals surface area (Å²) in [5.74, 6) is 0.771. The zero-order chi connectivity index (χ0) is 15.6. The van der Waals surface area contributed by atoms with Crippen molar-refractivity contribution in [2.75, 3.05) is 0 Å². The highest BCUT2D eigenvalue weighted by Crippen LogP contribution is 2.28. The lowest BCUT2D eigenvalue weighted by atomic mass is 10.1. The molecule has 3 nitrogen and oxygen atoms in total. The predicted molar refractivity (Wildman–Crippen MR) is 89.2 cm³/mol. The van der Waals surface area contributed by atoms with Gasteiger partial charge in [0, 0.05) is 5.75 Å². The number of aryl methyl sites for hydroxylation is 1. The largest absolute Gasteiger partial charge is 0.287 e. The van der Waals surface area contributed by atoms with Crippen molar-refractivity contribution in [3.05, 3.63) is 57.0 Å². The lowest BCUT2D eigenvalue weighted by molar-refractivity contribution is 0.336. The zero-order valence-electron chi connectivity index (χ0n) is 12.7. The molecule has 0 atom stereocenters. The average molecular weight is 323 g/mol. The van der Waals surface area contributed by atoms with Gasteiger partial charge in [0.25, 0.3) is 5.56 Å². The highest BCUT2D eigenvalue weighted by molar-refractivity contribution is 7.98. The van der Waals surface area contributed by atoms with Gasteiger partial charge in [0.05, 0.1) is 16.6 Å². The van der Waals surface area contributed by atoms with Crippen LogP contribution in [0.5, 0.6) is 0 Å². The third-order valence-electron chi connectivity index (χ3n) is 3.17. The Hall–Kier alpha value is -1.26. The van der Waals surface area contributed by atoms with Gasteiger partial charge in [-0.2, -0.15) is 5.10 Å². The Morgan fingerprint density at radius 2 is 1.95 bits per heavy atom. The monoisotopic (exact) mass is 322 g/mol. The van der Waals surface area contributed by atoms with Gasteiger partial charge in [-0.05, 0) is 38.8 Å². The summed E-state index contributed by atoms with van der Waals surface area (Å²) in [7, 11) is 0. The van der Waals surface area contributed by atoms with E-state index >= 15 is 0 Å². The molecule has 2 aromatic rings. The van der Waals surface area contributed by atoms with Crippen LogP contribution in [0.15, 0.2) is 40.2 Å². The van der Waals surface area contributed by atoms with Crippen molar-refractivity contribution in [3.63, 3.8) is 0 Å². The minimum atomic E-state index is -0.375. The first-order valence-corrected chi connectivity index (χ1v) is 8.12. The summed E-state index contributed by atoms with van der Waals surface area (Å²) in [6.45, 7) is 7.86. The Morgan fingerprint density at radius 3 is 2.57 bits per heavy atom. The lowest BCUT2D eigenvalue weighted by Gasteiger charge is -2.21. The van der Waals surface area contributed by atoms with Gasteiger partial charge in [-0.15, -0.1) is 11.8 Å². The number of aromatic nitrogens is 2. The van der Waals surface area contributed by atoms with Crippen LogP contribution in [-0.4, -0.2) is 9.78 Å². The van der Waals surface area contributed by atoms with E-state index in [0.29, 0.717) is 0 Å². The van der Waals surface area contributed by atoms with Crippen LogP contribution >= 0.6 is 23.4 Å². The molecule has 0 aliphatic rings. The number of nitrogens with zero attached hydrogens (tertiary/aromatic N) is 2. The number of benzene rings is 1. The zero-order valence-corrected chi connectivity index (χ0v) is 14.3. The maximum absolute atomic E-state index is 12.3. The molecule has 0 radical (unpaired) electrons. The van der Waals surface area contributed by atoms with Crippen molar-refractivity contribution >= 4 is 23.4 Å². The maximum atomic E-state index is 12.3. The summed E-state index contributed by atoms with van der Waals surface area (Å²) in [5.41, 5.74) is 1.86. The minimum Gasteiger partial charge on any atom is -0.266 e. The molecule has 112 valence electrons. The molecule has 0 aliphatic carbocycles. The van der Waals surface area contributed by atoms with Gasteiger partial charge in [0.1, 0.15) is 5.02 Å². The van der Waals surface area contributed by atoms with E-state index in [1.54, 1.807) is 18.0 Å². The summed E-state index contributed by atoms with van der Waals surface area (Å²) >= 11 is 7.76. The van der Waals surface area contributed by atoms with Crippen molar-refractivity contribution in [3.8, 4) is 0 Å². The molecule has 1 aromatic heterocycles. The van der Waals surface area contributed by atoms with E-state index in [1.807, 2.05) is 32.9 Å². The molecule has 2 rings (SSSR count). The van der Waals surface area contributed by atoms with Gasteiger partial charge in [-0.1, -0.05) is 35.9 Å². The molecule has 0 fully saturated rings. The van der Waals surface area contributed by atoms with Gasteiger partial charge in [0.15, 0.2) is 0 Å². The fourth-order valence-electron chi connectivity index (χ4n) is 1.92. The average Bonchev–Trinajstić information content (AvgIpc) is 2.40. The molecular formula is C16H19ClN2OS. The molecule has 0 unspecified atom stereocenters. The molecule has 0 saturated carbocycles. The highest BCUT2D eigenvalue weighted by Gasteiger charge is 2.19. The van der Waals surface area contributed by atoms with Gasteiger partial charge in [-0.3, -0.25) is 4.79 Å². The molecule has 0 amide bonds. The molecule has 0 N–H and O–H groups in total. The van der Waals surface area contributed by atoms with Gasteiger partial charge in [-0.25, -0.2) is 4.68 Å². The predicted octanol–water partition coefficient (Wildman–Crippen LogP) is 4.25. The second kappa shape index (κ2) is 6.24. The molecule has 1 aromatic carbocycles. The first kappa shape index (κ1) is 16.1. The van der Waals surface area contributed by atoms with Crippen LogP contribution in [0.4, 0.5) is 0 Å². The summed E-state index contributed by atoms with van der Waals surface area (Å²) in [6.07, 6.45) is 1.68. The molecular weight excluding hydrogens is 304 g/mol. The van der Waals surface area contributed by atoms with E-state index in [1.165, 1.54) is 15.8 Å². The Kier molecular flexibility index (Phi) is 4.79. The summed E-state index contributed by atoms with van der Waals surface area (Å²) in [4.78, 5) is 13.0. The van der Waals surface area contributed by atoms with E-state index in [4.69, 9.17) is 11.6 Å². The van der Waals surface area contributed by atoms with Crippen LogP contribution in [0.3, 0.4) is 0 Å². The molecule has 5 heteroatoms. The van der Waals surface area contributed by atoms with Crippen molar-refractivity contribution in [1.82, 2.24) is 9.78 Å². The number of hydrogen-bond acceptors (Lipinski definition) is 3. The smallest absolute Gasteiger partial charge is 0.266 e. The Labute approximate surface area is 134 Å². The van der Waals surface area contributed by atoms with Crippen molar-refractivity contribution < 1.29 is 0 Å². The van der Waals surface area contributed by atoms with Crippen LogP contribution < -0.4 is 5.56 Å². The van der Waals surface area contributed by atoms with Gasteiger partial charge in [0.2, 0.25) is 0 Å².